The summed E-state index contributed by atoms with van der Waals surface area (Å²) in [6, 6.07) is 6.23. The van der Waals surface area contributed by atoms with Gasteiger partial charge in [0, 0.05) is 3.57 Å². The molecule has 1 atom stereocenters. The third kappa shape index (κ3) is 3.22. The van der Waals surface area contributed by atoms with Crippen LogP contribution in [-0.4, -0.2) is 0 Å². The smallest absolute Gasteiger partial charge is 0.0670 e. The Morgan fingerprint density at radius 3 is 2.76 bits per heavy atom. The summed E-state index contributed by atoms with van der Waals surface area (Å²) in [7, 11) is 0. The second-order valence-electron chi connectivity index (χ2n) is 4.30. The molecule has 2 rings (SSSR count). The van der Waals surface area contributed by atoms with Gasteiger partial charge in [0.05, 0.1) is 11.1 Å². The maximum absolute atomic E-state index is 6.16. The lowest BCUT2D eigenvalue weighted by Gasteiger charge is -2.23. The molecule has 0 spiro atoms. The van der Waals surface area contributed by atoms with Crippen molar-refractivity contribution in [3.63, 3.8) is 0 Å². The van der Waals surface area contributed by atoms with Gasteiger partial charge in [-0.2, -0.15) is 0 Å². The van der Waals surface area contributed by atoms with Gasteiger partial charge in [0.15, 0.2) is 0 Å². The zero-order chi connectivity index (χ0) is 12.3. The van der Waals surface area contributed by atoms with Crippen LogP contribution in [0.3, 0.4) is 0 Å². The van der Waals surface area contributed by atoms with Crippen molar-refractivity contribution in [3.05, 3.63) is 44.0 Å². The normalized spacial score (nSPS) is 17.7. The van der Waals surface area contributed by atoms with Crippen molar-refractivity contribution < 1.29 is 0 Å². The summed E-state index contributed by atoms with van der Waals surface area (Å²) in [5.74, 6) is 5.69. The molecule has 0 aliphatic heterocycles. The molecular weight excluding hydrogens is 347 g/mol. The Morgan fingerprint density at radius 2 is 2.18 bits per heavy atom. The molecule has 0 radical (unpaired) electrons. The maximum Gasteiger partial charge on any atom is 0.0670 e. The molecule has 2 nitrogen and oxygen atoms in total. The van der Waals surface area contributed by atoms with E-state index >= 15 is 0 Å². The van der Waals surface area contributed by atoms with Crippen LogP contribution in [0, 0.1) is 3.57 Å². The van der Waals surface area contributed by atoms with Gasteiger partial charge in [-0.05, 0) is 66.0 Å². The lowest BCUT2D eigenvalue weighted by atomic mass is 9.90. The van der Waals surface area contributed by atoms with Crippen molar-refractivity contribution in [2.75, 3.05) is 0 Å². The Morgan fingerprint density at radius 1 is 1.35 bits per heavy atom. The predicted molar refractivity (Wildman–Crippen MR) is 80.8 cm³/mol. The first-order chi connectivity index (χ1) is 8.22. The molecule has 0 heterocycles. The Bertz CT molecular complexity index is 431. The summed E-state index contributed by atoms with van der Waals surface area (Å²) in [5.41, 5.74) is 5.44. The van der Waals surface area contributed by atoms with Gasteiger partial charge in [-0.15, -0.1) is 0 Å². The van der Waals surface area contributed by atoms with Gasteiger partial charge in [-0.1, -0.05) is 29.3 Å². The first-order valence-electron chi connectivity index (χ1n) is 5.82. The molecule has 0 fully saturated rings. The summed E-state index contributed by atoms with van der Waals surface area (Å²) >= 11 is 8.39. The summed E-state index contributed by atoms with van der Waals surface area (Å²) in [6.45, 7) is 0. The van der Waals surface area contributed by atoms with Crippen LogP contribution >= 0.6 is 34.2 Å². The van der Waals surface area contributed by atoms with E-state index in [0.29, 0.717) is 0 Å². The van der Waals surface area contributed by atoms with Gasteiger partial charge >= 0.3 is 0 Å². The Balaban J connectivity index is 2.28. The third-order valence-corrected chi connectivity index (χ3v) is 4.71. The number of rotatable bonds is 3. The number of halogens is 2. The largest absolute Gasteiger partial charge is 0.271 e. The molecule has 1 aromatic rings. The highest BCUT2D eigenvalue weighted by atomic mass is 127. The van der Waals surface area contributed by atoms with Gasteiger partial charge in [-0.25, -0.2) is 5.43 Å². The topological polar surface area (TPSA) is 38.0 Å². The Hall–Kier alpha value is -0.100. The van der Waals surface area contributed by atoms with Crippen molar-refractivity contribution in [2.45, 2.75) is 31.7 Å². The number of hydrazine groups is 1. The van der Waals surface area contributed by atoms with Crippen LogP contribution in [0.25, 0.3) is 0 Å². The highest BCUT2D eigenvalue weighted by molar-refractivity contribution is 14.1. The fourth-order valence-corrected chi connectivity index (χ4v) is 2.76. The van der Waals surface area contributed by atoms with Crippen molar-refractivity contribution in [3.8, 4) is 0 Å². The molecule has 1 unspecified atom stereocenters. The van der Waals surface area contributed by atoms with Gasteiger partial charge in [-0.3, -0.25) is 5.84 Å². The Kier molecular flexibility index (Phi) is 4.85. The molecule has 0 amide bonds. The van der Waals surface area contributed by atoms with Crippen LogP contribution < -0.4 is 11.3 Å². The fraction of sp³-hybridized carbons (Fsp3) is 0.385. The average Bonchev–Trinajstić information content (AvgIpc) is 2.36. The average molecular weight is 363 g/mol. The zero-order valence-corrected chi connectivity index (χ0v) is 12.5. The number of hydrogen-bond acceptors (Lipinski definition) is 2. The van der Waals surface area contributed by atoms with Crippen LogP contribution in [-0.2, 0) is 0 Å². The van der Waals surface area contributed by atoms with Gasteiger partial charge < -0.3 is 0 Å². The van der Waals surface area contributed by atoms with Gasteiger partial charge in [0.1, 0.15) is 0 Å². The van der Waals surface area contributed by atoms with Crippen LogP contribution in [0.5, 0.6) is 0 Å². The molecule has 0 saturated heterocycles. The second kappa shape index (κ2) is 6.18. The molecule has 3 N–H and O–H groups in total. The van der Waals surface area contributed by atoms with Crippen molar-refractivity contribution >= 4 is 34.2 Å². The number of nitrogens with one attached hydrogen (secondary N) is 1. The van der Waals surface area contributed by atoms with Crippen molar-refractivity contribution in [1.29, 1.82) is 0 Å². The van der Waals surface area contributed by atoms with E-state index in [1.165, 1.54) is 18.4 Å². The molecule has 0 bridgehead atoms. The number of benzene rings is 1. The van der Waals surface area contributed by atoms with E-state index in [4.69, 9.17) is 17.4 Å². The zero-order valence-electron chi connectivity index (χ0n) is 9.55. The number of hydrogen-bond donors (Lipinski definition) is 2. The van der Waals surface area contributed by atoms with E-state index in [1.807, 2.05) is 12.1 Å². The van der Waals surface area contributed by atoms with E-state index in [0.717, 1.165) is 27.0 Å². The molecule has 17 heavy (non-hydrogen) atoms. The summed E-state index contributed by atoms with van der Waals surface area (Å²) in [5, 5.41) is 0.791. The lowest BCUT2D eigenvalue weighted by molar-refractivity contribution is 0.566. The monoisotopic (exact) mass is 362 g/mol. The van der Waals surface area contributed by atoms with E-state index < -0.39 is 0 Å². The number of allylic oxidation sites excluding steroid dienone is 1. The molecule has 1 aromatic carbocycles. The van der Waals surface area contributed by atoms with Crippen LogP contribution in [0.1, 0.15) is 37.3 Å². The maximum atomic E-state index is 6.16. The quantitative estimate of drug-likeness (QED) is 0.370. The molecule has 1 aliphatic carbocycles. The first kappa shape index (κ1) is 13.3. The summed E-state index contributed by atoms with van der Waals surface area (Å²) in [6.07, 6.45) is 7.13. The van der Waals surface area contributed by atoms with Crippen LogP contribution in [0.15, 0.2) is 29.8 Å². The summed E-state index contributed by atoms with van der Waals surface area (Å²) < 4.78 is 1.07. The van der Waals surface area contributed by atoms with Crippen molar-refractivity contribution in [2.24, 2.45) is 5.84 Å². The third-order valence-electron chi connectivity index (χ3n) is 3.14. The minimum atomic E-state index is 0.102. The Labute approximate surface area is 121 Å². The lowest BCUT2D eigenvalue weighted by Crippen LogP contribution is -2.30. The molecule has 1 aliphatic rings. The molecule has 92 valence electrons. The molecular formula is C13H16ClIN2. The molecule has 4 heteroatoms. The highest BCUT2D eigenvalue weighted by Gasteiger charge is 2.17. The van der Waals surface area contributed by atoms with Crippen LogP contribution in [0.4, 0.5) is 0 Å². The number of nitrogens with two attached hydrogens (primary N) is 1. The first-order valence-corrected chi connectivity index (χ1v) is 7.28. The van der Waals surface area contributed by atoms with E-state index in [2.05, 4.69) is 40.2 Å². The summed E-state index contributed by atoms with van der Waals surface area (Å²) in [4.78, 5) is 0. The van der Waals surface area contributed by atoms with Crippen molar-refractivity contribution in [1.82, 2.24) is 5.43 Å². The SMILES string of the molecule is NNC(C1=CCCCC1)c1ccc(I)c(Cl)c1. The minimum Gasteiger partial charge on any atom is -0.271 e. The van der Waals surface area contributed by atoms with Crippen LogP contribution in [0.2, 0.25) is 5.02 Å². The van der Waals surface area contributed by atoms with E-state index in [9.17, 15) is 0 Å². The van der Waals surface area contributed by atoms with Gasteiger partial charge in [0.25, 0.3) is 0 Å². The molecule has 0 saturated carbocycles. The van der Waals surface area contributed by atoms with E-state index in [1.54, 1.807) is 0 Å². The standard InChI is InChI=1S/C13H16ClIN2/c14-11-8-10(6-7-12(11)15)13(17-16)9-4-2-1-3-5-9/h4,6-8,13,17H,1-3,5,16H2. The second-order valence-corrected chi connectivity index (χ2v) is 5.87. The molecule has 0 aromatic heterocycles. The van der Waals surface area contributed by atoms with Gasteiger partial charge in [0.2, 0.25) is 0 Å². The fourth-order valence-electron chi connectivity index (χ4n) is 2.23. The predicted octanol–water partition coefficient (Wildman–Crippen LogP) is 3.95. The highest BCUT2D eigenvalue weighted by Crippen LogP contribution is 2.31. The van der Waals surface area contributed by atoms with E-state index in [-0.39, 0.29) is 6.04 Å². The minimum absolute atomic E-state index is 0.102.